The molecule has 0 saturated carbocycles. The molecule has 1 saturated heterocycles. The van der Waals surface area contributed by atoms with Gasteiger partial charge in [0.15, 0.2) is 0 Å². The molecule has 1 aliphatic rings. The highest BCUT2D eigenvalue weighted by Gasteiger charge is 2.52. The molecule has 11 heteroatoms. The van der Waals surface area contributed by atoms with Crippen LogP contribution in [0.1, 0.15) is 4.88 Å². The number of hydrogen-bond donors (Lipinski definition) is 2. The van der Waals surface area contributed by atoms with Gasteiger partial charge < -0.3 is 10.4 Å². The Morgan fingerprint density at radius 1 is 1.38 bits per heavy atom. The molecule has 0 aromatic carbocycles. The van der Waals surface area contributed by atoms with Gasteiger partial charge in [-0.25, -0.2) is 0 Å². The first kappa shape index (κ1) is 21.0. The molecule has 0 aliphatic carbocycles. The Morgan fingerprint density at radius 2 is 2.04 bits per heavy atom. The third kappa shape index (κ3) is 5.51. The molecule has 0 radical (unpaired) electrons. The van der Waals surface area contributed by atoms with E-state index in [-0.39, 0.29) is 32.0 Å². The Labute approximate surface area is 151 Å². The maximum atomic E-state index is 12.9. The number of amides is 1. The lowest BCUT2D eigenvalue weighted by Crippen LogP contribution is -2.36. The third-order valence-electron chi connectivity index (χ3n) is 3.59. The fourth-order valence-electron chi connectivity index (χ4n) is 2.49. The molecule has 2 atom stereocenters. The Bertz CT molecular complexity index is 597. The normalized spacial score (nSPS) is 21.3. The lowest BCUT2D eigenvalue weighted by molar-refractivity contribution is -0.188. The van der Waals surface area contributed by atoms with E-state index in [2.05, 4.69) is 5.32 Å². The Hall–Kier alpha value is -1.03. The second kappa shape index (κ2) is 8.37. The van der Waals surface area contributed by atoms with Crippen LogP contribution >= 0.6 is 35.3 Å². The molecule has 24 heavy (non-hydrogen) atoms. The largest absolute Gasteiger partial charge is 0.481 e. The number of rotatable bonds is 5. The highest BCUT2D eigenvalue weighted by atomic mass is 35.5. The van der Waals surface area contributed by atoms with Crippen molar-refractivity contribution < 1.29 is 27.9 Å². The van der Waals surface area contributed by atoms with E-state index in [1.165, 1.54) is 16.2 Å². The number of nitrogens with zero attached hydrogens (tertiary/aromatic N) is 1. The minimum absolute atomic E-state index is 0. The zero-order valence-corrected chi connectivity index (χ0v) is 14.6. The van der Waals surface area contributed by atoms with Gasteiger partial charge in [0, 0.05) is 18.0 Å². The molecule has 1 fully saturated rings. The predicted octanol–water partition coefficient (Wildman–Crippen LogP) is 2.63. The maximum Gasteiger partial charge on any atom is 0.393 e. The lowest BCUT2D eigenvalue weighted by Gasteiger charge is -2.18. The van der Waals surface area contributed by atoms with E-state index in [1.807, 2.05) is 0 Å². The van der Waals surface area contributed by atoms with Crippen LogP contribution in [0.5, 0.6) is 0 Å². The van der Waals surface area contributed by atoms with Crippen molar-refractivity contribution in [2.45, 2.75) is 12.7 Å². The van der Waals surface area contributed by atoms with Crippen LogP contribution in [0.3, 0.4) is 0 Å². The summed E-state index contributed by atoms with van der Waals surface area (Å²) in [6.45, 7) is -0.818. The summed E-state index contributed by atoms with van der Waals surface area (Å²) in [5, 5.41) is 11.5. The summed E-state index contributed by atoms with van der Waals surface area (Å²) >= 11 is 7.04. The molecule has 2 N–H and O–H groups in total. The number of carboxylic acids is 1. The molecule has 0 unspecified atom stereocenters. The number of halogens is 5. The zero-order chi connectivity index (χ0) is 17.2. The predicted molar refractivity (Wildman–Crippen MR) is 85.5 cm³/mol. The minimum Gasteiger partial charge on any atom is -0.481 e. The van der Waals surface area contributed by atoms with Crippen LogP contribution in [0.25, 0.3) is 0 Å². The van der Waals surface area contributed by atoms with E-state index in [4.69, 9.17) is 16.7 Å². The smallest absolute Gasteiger partial charge is 0.393 e. The van der Waals surface area contributed by atoms with Crippen molar-refractivity contribution in [3.05, 3.63) is 21.3 Å². The van der Waals surface area contributed by atoms with Crippen LogP contribution in [-0.4, -0.2) is 47.7 Å². The van der Waals surface area contributed by atoms with E-state index in [9.17, 15) is 22.8 Å². The number of alkyl halides is 3. The molecule has 1 amide bonds. The number of carboxylic acid groups (broad SMARTS) is 1. The number of nitrogens with one attached hydrogen (secondary N) is 1. The standard InChI is InChI=1S/C13H14ClF3N2O3S.ClH/c14-10-2-1-7(23-10)3-18-11(20)6-19-4-8(12(21)22)9(5-19)13(15,16)17;/h1-2,8-9H,3-6H2,(H,18,20)(H,21,22);1H/t8-,9-;/m1./s1. The molecule has 0 bridgehead atoms. The number of likely N-dealkylation sites (tertiary alicyclic amines) is 1. The van der Waals surface area contributed by atoms with Crippen LogP contribution in [0.4, 0.5) is 13.2 Å². The Kier molecular flexibility index (Phi) is 7.33. The van der Waals surface area contributed by atoms with Gasteiger partial charge in [-0.15, -0.1) is 23.7 Å². The molecule has 1 aromatic heterocycles. The monoisotopic (exact) mass is 406 g/mol. The van der Waals surface area contributed by atoms with Crippen molar-refractivity contribution in [2.75, 3.05) is 19.6 Å². The molecule has 136 valence electrons. The van der Waals surface area contributed by atoms with E-state index < -0.39 is 36.4 Å². The van der Waals surface area contributed by atoms with Crippen molar-refractivity contribution in [2.24, 2.45) is 11.8 Å². The van der Waals surface area contributed by atoms with Gasteiger partial charge in [-0.2, -0.15) is 13.2 Å². The molecule has 0 spiro atoms. The molecule has 2 rings (SSSR count). The van der Waals surface area contributed by atoms with Gasteiger partial charge in [0.25, 0.3) is 0 Å². The van der Waals surface area contributed by atoms with Crippen molar-refractivity contribution in [1.82, 2.24) is 10.2 Å². The SMILES string of the molecule is Cl.O=C(CN1C[C@@H](C(F)(F)F)[C@H](C(=O)O)C1)NCc1ccc(Cl)s1. The average molecular weight is 407 g/mol. The zero-order valence-electron chi connectivity index (χ0n) is 12.2. The van der Waals surface area contributed by atoms with Gasteiger partial charge in [-0.3, -0.25) is 14.5 Å². The number of hydrogen-bond acceptors (Lipinski definition) is 4. The summed E-state index contributed by atoms with van der Waals surface area (Å²) < 4.78 is 39.1. The van der Waals surface area contributed by atoms with Crippen LogP contribution in [-0.2, 0) is 16.1 Å². The first-order chi connectivity index (χ1) is 10.7. The molecule has 1 aliphatic heterocycles. The van der Waals surface area contributed by atoms with E-state index in [0.717, 1.165) is 4.88 Å². The number of carbonyl (C=O) groups excluding carboxylic acids is 1. The highest BCUT2D eigenvalue weighted by Crippen LogP contribution is 2.37. The highest BCUT2D eigenvalue weighted by molar-refractivity contribution is 7.16. The van der Waals surface area contributed by atoms with Crippen LogP contribution < -0.4 is 5.32 Å². The van der Waals surface area contributed by atoms with Gasteiger partial charge in [-0.05, 0) is 12.1 Å². The van der Waals surface area contributed by atoms with Crippen molar-refractivity contribution in [3.63, 3.8) is 0 Å². The van der Waals surface area contributed by atoms with Crippen molar-refractivity contribution in [1.29, 1.82) is 0 Å². The molecular weight excluding hydrogens is 392 g/mol. The second-order valence-corrected chi connectivity index (χ2v) is 7.07. The summed E-state index contributed by atoms with van der Waals surface area (Å²) in [6.07, 6.45) is -4.60. The number of thiophene rings is 1. The van der Waals surface area contributed by atoms with Crippen molar-refractivity contribution in [3.8, 4) is 0 Å². The van der Waals surface area contributed by atoms with E-state index in [0.29, 0.717) is 4.34 Å². The molecule has 1 aromatic rings. The van der Waals surface area contributed by atoms with Crippen molar-refractivity contribution >= 4 is 47.2 Å². The van der Waals surface area contributed by atoms with E-state index in [1.54, 1.807) is 12.1 Å². The minimum atomic E-state index is -4.60. The fraction of sp³-hybridized carbons (Fsp3) is 0.538. The number of aliphatic carboxylic acids is 1. The lowest BCUT2D eigenvalue weighted by atomic mass is 9.96. The molecule has 5 nitrogen and oxygen atoms in total. The Balaban J connectivity index is 0.00000288. The molecular formula is C13H15Cl2F3N2O3S. The summed E-state index contributed by atoms with van der Waals surface area (Å²) in [5.74, 6) is -5.45. The van der Waals surface area contributed by atoms with Gasteiger partial charge in [0.05, 0.1) is 29.3 Å². The Morgan fingerprint density at radius 3 is 2.50 bits per heavy atom. The van der Waals surface area contributed by atoms with Crippen LogP contribution in [0.15, 0.2) is 12.1 Å². The van der Waals surface area contributed by atoms with Gasteiger partial charge >= 0.3 is 12.1 Å². The van der Waals surface area contributed by atoms with Crippen LogP contribution in [0, 0.1) is 11.8 Å². The van der Waals surface area contributed by atoms with Gasteiger partial charge in [0.2, 0.25) is 5.91 Å². The van der Waals surface area contributed by atoms with E-state index >= 15 is 0 Å². The van der Waals surface area contributed by atoms with Gasteiger partial charge in [-0.1, -0.05) is 11.6 Å². The molecule has 2 heterocycles. The topological polar surface area (TPSA) is 69.6 Å². The fourth-order valence-corrected chi connectivity index (χ4v) is 3.51. The van der Waals surface area contributed by atoms with Gasteiger partial charge in [0.1, 0.15) is 0 Å². The summed E-state index contributed by atoms with van der Waals surface area (Å²) in [7, 11) is 0. The third-order valence-corrected chi connectivity index (χ3v) is 4.82. The first-order valence-corrected chi connectivity index (χ1v) is 7.89. The average Bonchev–Trinajstić information content (AvgIpc) is 3.02. The summed E-state index contributed by atoms with van der Waals surface area (Å²) in [4.78, 5) is 24.8. The summed E-state index contributed by atoms with van der Waals surface area (Å²) in [6, 6.07) is 3.42. The number of carbonyl (C=O) groups is 2. The quantitative estimate of drug-likeness (QED) is 0.788. The summed E-state index contributed by atoms with van der Waals surface area (Å²) in [5.41, 5.74) is 0. The maximum absolute atomic E-state index is 12.9. The van der Waals surface area contributed by atoms with Crippen LogP contribution in [0.2, 0.25) is 4.34 Å². The first-order valence-electron chi connectivity index (χ1n) is 6.69. The second-order valence-electron chi connectivity index (χ2n) is 5.27.